The Morgan fingerprint density at radius 2 is 0.943 bits per heavy atom. The minimum atomic E-state index is -0.460. The van der Waals surface area contributed by atoms with Crippen LogP contribution in [0.25, 0.3) is 4.85 Å². The van der Waals surface area contributed by atoms with Crippen LogP contribution in [0.3, 0.4) is 0 Å². The monoisotopic (exact) mass is 1000 g/mol. The van der Waals surface area contributed by atoms with Gasteiger partial charge in [0, 0.05) is 12.2 Å². The fraction of sp³-hybridized carbons (Fsp3) is 0.630. The molecular formula is C54H68N2O12S2. The van der Waals surface area contributed by atoms with E-state index in [0.29, 0.717) is 120 Å². The van der Waals surface area contributed by atoms with Gasteiger partial charge in [0.15, 0.2) is 0 Å². The minimum Gasteiger partial charge on any atom is -0.465 e. The Bertz CT molecular complexity index is 2150. The van der Waals surface area contributed by atoms with E-state index in [0.717, 1.165) is 89.2 Å². The molecule has 0 amide bonds. The second kappa shape index (κ2) is 27.5. The van der Waals surface area contributed by atoms with Gasteiger partial charge in [0.2, 0.25) is 0 Å². The average molecular weight is 1000 g/mol. The molecule has 6 rings (SSSR count). The number of esters is 6. The second-order valence-corrected chi connectivity index (χ2v) is 21.8. The number of nitrogens with zero attached hydrogens (tertiary/aromatic N) is 2. The van der Waals surface area contributed by atoms with Crippen molar-refractivity contribution in [2.45, 2.75) is 145 Å². The number of carbonyl (C=O) groups excluding carboxylic acids is 6. The van der Waals surface area contributed by atoms with Crippen molar-refractivity contribution in [2.24, 2.45) is 53.3 Å². The maximum Gasteiger partial charge on any atom is 0.330 e. The topological polar surface area (TPSA) is 186 Å². The predicted molar refractivity (Wildman–Crippen MR) is 262 cm³/mol. The lowest BCUT2D eigenvalue weighted by atomic mass is 9.69. The minimum absolute atomic E-state index is 0.0815. The summed E-state index contributed by atoms with van der Waals surface area (Å²) in [5, 5.41) is 9.72. The van der Waals surface area contributed by atoms with Crippen molar-refractivity contribution in [1.82, 2.24) is 0 Å². The Morgan fingerprint density at radius 3 is 1.31 bits per heavy atom. The van der Waals surface area contributed by atoms with Gasteiger partial charge in [0.25, 0.3) is 5.70 Å². The molecule has 4 aliphatic carbocycles. The Hall–Kier alpha value is -5.06. The molecule has 1 unspecified atom stereocenters. The molecule has 1 atom stereocenters. The van der Waals surface area contributed by atoms with Gasteiger partial charge in [-0.05, 0) is 170 Å². The van der Waals surface area contributed by atoms with Gasteiger partial charge in [-0.2, -0.15) is 0 Å². The summed E-state index contributed by atoms with van der Waals surface area (Å²) in [6, 6.07) is 5.25. The summed E-state index contributed by atoms with van der Waals surface area (Å²) in [7, 11) is 0. The third-order valence-electron chi connectivity index (χ3n) is 15.1. The zero-order valence-corrected chi connectivity index (χ0v) is 42.1. The molecule has 16 heteroatoms. The van der Waals surface area contributed by atoms with Gasteiger partial charge in [-0.15, -0.1) is 0 Å². The van der Waals surface area contributed by atoms with Crippen LogP contribution in [0.15, 0.2) is 57.2 Å². The molecule has 0 aromatic heterocycles. The Labute approximate surface area is 421 Å². The van der Waals surface area contributed by atoms with E-state index in [2.05, 4.69) is 18.0 Å². The highest BCUT2D eigenvalue weighted by Gasteiger charge is 2.39. The van der Waals surface area contributed by atoms with E-state index in [-0.39, 0.29) is 65.8 Å². The molecule has 4 fully saturated rings. The predicted octanol–water partition coefficient (Wildman–Crippen LogP) is 11.3. The summed E-state index contributed by atoms with van der Waals surface area (Å²) in [6.45, 7) is 17.6. The Morgan fingerprint density at radius 1 is 0.600 bits per heavy atom. The number of thioether (sulfide) groups is 2. The molecule has 1 aliphatic heterocycles. The maximum absolute atomic E-state index is 13.7. The van der Waals surface area contributed by atoms with Crippen molar-refractivity contribution in [3.8, 4) is 17.6 Å². The zero-order chi connectivity index (χ0) is 50.0. The quantitative estimate of drug-likeness (QED) is 0.0215. The number of benzene rings is 1. The first kappa shape index (κ1) is 54.3. The molecule has 1 aromatic carbocycles. The van der Waals surface area contributed by atoms with Crippen molar-refractivity contribution >= 4 is 59.3 Å². The zero-order valence-electron chi connectivity index (χ0n) is 40.5. The molecule has 70 heavy (non-hydrogen) atoms. The van der Waals surface area contributed by atoms with Gasteiger partial charge < -0.3 is 28.4 Å². The smallest absolute Gasteiger partial charge is 0.330 e. The van der Waals surface area contributed by atoms with E-state index in [9.17, 15) is 34.0 Å². The van der Waals surface area contributed by atoms with E-state index >= 15 is 0 Å². The highest BCUT2D eigenvalue weighted by atomic mass is 32.2. The van der Waals surface area contributed by atoms with E-state index in [1.54, 1.807) is 12.1 Å². The summed E-state index contributed by atoms with van der Waals surface area (Å²) in [6.07, 6.45) is 18.3. The number of nitriles is 1. The van der Waals surface area contributed by atoms with Crippen molar-refractivity contribution in [1.29, 1.82) is 5.26 Å². The van der Waals surface area contributed by atoms with Gasteiger partial charge in [-0.3, -0.25) is 19.2 Å². The van der Waals surface area contributed by atoms with Crippen LogP contribution < -0.4 is 9.47 Å². The van der Waals surface area contributed by atoms with Gasteiger partial charge in [0.05, 0.1) is 76.8 Å². The van der Waals surface area contributed by atoms with Crippen LogP contribution in [0.5, 0.6) is 11.5 Å². The molecule has 1 aromatic rings. The van der Waals surface area contributed by atoms with E-state index in [1.807, 2.05) is 13.0 Å². The fourth-order valence-corrected chi connectivity index (χ4v) is 13.2. The lowest BCUT2D eigenvalue weighted by Crippen LogP contribution is -2.32. The van der Waals surface area contributed by atoms with Crippen molar-refractivity contribution < 1.29 is 57.2 Å². The van der Waals surface area contributed by atoms with E-state index in [4.69, 9.17) is 35.0 Å². The average Bonchev–Trinajstić information content (AvgIpc) is 3.84. The lowest BCUT2D eigenvalue weighted by Gasteiger charge is -2.36. The fourth-order valence-electron chi connectivity index (χ4n) is 10.8. The Balaban J connectivity index is 0.927. The van der Waals surface area contributed by atoms with Gasteiger partial charge in [0.1, 0.15) is 11.5 Å². The van der Waals surface area contributed by atoms with Crippen LogP contribution in [0.2, 0.25) is 0 Å². The molecule has 0 spiro atoms. The summed E-state index contributed by atoms with van der Waals surface area (Å²) < 4.78 is 33.8. The molecule has 0 radical (unpaired) electrons. The molecule has 1 heterocycles. The van der Waals surface area contributed by atoms with Crippen molar-refractivity contribution in [3.63, 3.8) is 0 Å². The first-order valence-corrected chi connectivity index (χ1v) is 26.9. The number of allylic oxidation sites excluding steroid dienone is 1. The van der Waals surface area contributed by atoms with E-state index in [1.165, 1.54) is 23.5 Å². The molecule has 378 valence electrons. The van der Waals surface area contributed by atoms with E-state index < -0.39 is 11.9 Å². The number of unbranched alkanes of at least 4 members (excludes halogenated alkanes) is 1. The van der Waals surface area contributed by atoms with Crippen LogP contribution in [0, 0.1) is 71.2 Å². The Kier molecular flexibility index (Phi) is 21.3. The molecule has 5 aliphatic rings. The molecule has 4 saturated carbocycles. The van der Waals surface area contributed by atoms with Gasteiger partial charge >= 0.3 is 35.8 Å². The van der Waals surface area contributed by atoms with Crippen LogP contribution in [0.4, 0.5) is 0 Å². The van der Waals surface area contributed by atoms with Crippen LogP contribution in [-0.4, -0.2) is 62.2 Å². The summed E-state index contributed by atoms with van der Waals surface area (Å²) in [5.74, 6) is 0.275. The summed E-state index contributed by atoms with van der Waals surface area (Å²) >= 11 is 2.37. The van der Waals surface area contributed by atoms with Gasteiger partial charge in [-0.25, -0.2) is 19.7 Å². The highest BCUT2D eigenvalue weighted by Crippen LogP contribution is 2.59. The third kappa shape index (κ3) is 15.5. The number of ether oxygens (including phenoxy) is 6. The lowest BCUT2D eigenvalue weighted by molar-refractivity contribution is -0.151. The molecule has 0 bridgehead atoms. The maximum atomic E-state index is 13.7. The number of hydrogen-bond donors (Lipinski definition) is 0. The standard InChI is InChI=1S/C54H68N2O12S2/c1-5-46(57)63-29-7-8-30-65-50(59)39-17-9-35(10-18-39)37-13-21-41(22-14-37)52(61)67-44-25-26-45(49-48(44)69-54(70-49)43(33-55)56-4)68-53(62)42-23-15-38(16-24-42)36-11-19-40(20-12-36)51(60)66-32-28-34(3)27-31-64-47(58)6-2/h5-6,25-26,34-42H,1-2,7-24,27-32H2,3H3/b54-43+. The first-order chi connectivity index (χ1) is 33.9. The van der Waals surface area contributed by atoms with Crippen LogP contribution >= 0.6 is 23.5 Å². The second-order valence-electron chi connectivity index (χ2n) is 19.5. The van der Waals surface area contributed by atoms with Crippen molar-refractivity contribution in [3.05, 3.63) is 58.8 Å². The summed E-state index contributed by atoms with van der Waals surface area (Å²) in [4.78, 5) is 79.9. The summed E-state index contributed by atoms with van der Waals surface area (Å²) in [5.41, 5.74) is -0.0815. The number of carbonyl (C=O) groups is 6. The SMILES string of the molecule is [C-]#[N+]/C(C#N)=C1\Sc2c(OC(=O)C3CCC(C4CCC(C(=O)OCCCCOC(=O)C=C)CC4)CC3)ccc(OC(=O)C3CCC(C4CCC(C(=O)OCCC(C)CCOC(=O)C=C)CC4)CC3)c2S1. The largest absolute Gasteiger partial charge is 0.465 e. The number of hydrogen-bond acceptors (Lipinski definition) is 15. The highest BCUT2D eigenvalue weighted by molar-refractivity contribution is 8.24. The van der Waals surface area contributed by atoms with Crippen LogP contribution in [-0.2, 0) is 47.7 Å². The molecule has 0 saturated heterocycles. The normalized spacial score (nSPS) is 26.3. The first-order valence-electron chi connectivity index (χ1n) is 25.3. The number of fused-ring (bicyclic) bond motifs is 1. The molecular weight excluding hydrogens is 933 g/mol. The third-order valence-corrected chi connectivity index (χ3v) is 17.7. The van der Waals surface area contributed by atoms with Crippen molar-refractivity contribution in [2.75, 3.05) is 26.4 Å². The number of rotatable bonds is 21. The van der Waals surface area contributed by atoms with Crippen LogP contribution in [0.1, 0.15) is 135 Å². The molecule has 0 N–H and O–H groups in total. The van der Waals surface area contributed by atoms with Gasteiger partial charge in [-0.1, -0.05) is 43.6 Å². The molecule has 14 nitrogen and oxygen atoms in total.